The first-order valence-corrected chi connectivity index (χ1v) is 11.4. The summed E-state index contributed by atoms with van der Waals surface area (Å²) < 4.78 is 38.7. The van der Waals surface area contributed by atoms with E-state index in [0.29, 0.717) is 29.7 Å². The van der Waals surface area contributed by atoms with Crippen LogP contribution in [0.25, 0.3) is 11.3 Å². The SMILES string of the molecule is O=C(NCCO)c1cccc(-c2ccc(CN(CCC(F)(F)F)C3CCN(C(=O)[O-])CC3)cn2)c1. The van der Waals surface area contributed by atoms with Crippen LogP contribution in [0.1, 0.15) is 35.2 Å². The fourth-order valence-electron chi connectivity index (χ4n) is 4.09. The summed E-state index contributed by atoms with van der Waals surface area (Å²) in [5.74, 6) is -0.317. The third-order valence-corrected chi connectivity index (χ3v) is 5.95. The lowest BCUT2D eigenvalue weighted by molar-refractivity contribution is -0.266. The standard InChI is InChI=1S/C24H29F3N4O4/c25-24(26,27)8-12-31(20-6-10-30(11-7-20)23(34)35)16-17-4-5-21(29-15-17)18-2-1-3-19(14-18)22(33)28-9-13-32/h1-5,14-15,20,32H,6-13,16H2,(H,28,33)(H,34,35)/p-1. The summed E-state index contributed by atoms with van der Waals surface area (Å²) in [5, 5.41) is 22.5. The van der Waals surface area contributed by atoms with E-state index in [1.807, 2.05) is 0 Å². The molecule has 2 N–H and O–H groups in total. The van der Waals surface area contributed by atoms with Crippen molar-refractivity contribution in [1.29, 1.82) is 0 Å². The van der Waals surface area contributed by atoms with E-state index >= 15 is 0 Å². The Morgan fingerprint density at radius 1 is 1.20 bits per heavy atom. The highest BCUT2D eigenvalue weighted by molar-refractivity contribution is 5.95. The molecule has 2 heterocycles. The molecule has 8 nitrogen and oxygen atoms in total. The van der Waals surface area contributed by atoms with Crippen LogP contribution < -0.4 is 10.4 Å². The van der Waals surface area contributed by atoms with E-state index in [1.54, 1.807) is 47.5 Å². The van der Waals surface area contributed by atoms with E-state index < -0.39 is 18.7 Å². The summed E-state index contributed by atoms with van der Waals surface area (Å²) in [6, 6.07) is 10.2. The molecule has 0 aliphatic carbocycles. The van der Waals surface area contributed by atoms with Crippen molar-refractivity contribution >= 4 is 12.0 Å². The maximum absolute atomic E-state index is 12.9. The Kier molecular flexibility index (Phi) is 9.05. The van der Waals surface area contributed by atoms with E-state index in [-0.39, 0.29) is 51.3 Å². The zero-order chi connectivity index (χ0) is 25.4. The number of benzene rings is 1. The minimum absolute atomic E-state index is 0.146. The molecule has 1 saturated heterocycles. The smallest absolute Gasteiger partial charge is 0.390 e. The maximum atomic E-state index is 12.9. The van der Waals surface area contributed by atoms with Gasteiger partial charge in [-0.25, -0.2) is 0 Å². The maximum Gasteiger partial charge on any atom is 0.390 e. The zero-order valence-corrected chi connectivity index (χ0v) is 19.1. The van der Waals surface area contributed by atoms with Crippen molar-refractivity contribution < 1.29 is 33.0 Å². The molecule has 0 saturated carbocycles. The van der Waals surface area contributed by atoms with Gasteiger partial charge in [-0.05, 0) is 36.6 Å². The number of carbonyl (C=O) groups is 2. The molecule has 3 rings (SSSR count). The van der Waals surface area contributed by atoms with E-state index in [2.05, 4.69) is 10.3 Å². The van der Waals surface area contributed by atoms with Crippen molar-refractivity contribution in [1.82, 2.24) is 20.1 Å². The van der Waals surface area contributed by atoms with E-state index in [1.165, 1.54) is 4.90 Å². The number of rotatable bonds is 9. The van der Waals surface area contributed by atoms with Gasteiger partial charge in [0.15, 0.2) is 0 Å². The highest BCUT2D eigenvalue weighted by Crippen LogP contribution is 2.25. The first-order valence-electron chi connectivity index (χ1n) is 11.4. The Morgan fingerprint density at radius 3 is 2.54 bits per heavy atom. The van der Waals surface area contributed by atoms with Gasteiger partial charge in [-0.3, -0.25) is 14.7 Å². The second kappa shape index (κ2) is 12.0. The second-order valence-corrected chi connectivity index (χ2v) is 8.43. The quantitative estimate of drug-likeness (QED) is 0.554. The highest BCUT2D eigenvalue weighted by Gasteiger charge is 2.31. The molecule has 2 aromatic rings. The minimum Gasteiger partial charge on any atom is -0.530 e. The predicted molar refractivity (Wildman–Crippen MR) is 120 cm³/mol. The van der Waals surface area contributed by atoms with Gasteiger partial charge in [0.2, 0.25) is 0 Å². The lowest BCUT2D eigenvalue weighted by Gasteiger charge is -2.39. The number of pyridine rings is 1. The number of aliphatic hydroxyl groups is 1. The Morgan fingerprint density at radius 2 is 1.94 bits per heavy atom. The van der Waals surface area contributed by atoms with Gasteiger partial charge >= 0.3 is 6.18 Å². The summed E-state index contributed by atoms with van der Waals surface area (Å²) in [7, 11) is 0. The molecule has 1 aromatic heterocycles. The highest BCUT2D eigenvalue weighted by atomic mass is 19.4. The molecule has 0 radical (unpaired) electrons. The van der Waals surface area contributed by atoms with Crippen molar-refractivity contribution in [3.63, 3.8) is 0 Å². The molecule has 1 aromatic carbocycles. The van der Waals surface area contributed by atoms with Gasteiger partial charge < -0.3 is 25.2 Å². The number of alkyl halides is 3. The number of halogens is 3. The number of nitrogens with zero attached hydrogens (tertiary/aromatic N) is 3. The number of carboxylic acid groups (broad SMARTS) is 1. The number of carbonyl (C=O) groups excluding carboxylic acids is 2. The van der Waals surface area contributed by atoms with Crippen LogP contribution in [0.15, 0.2) is 42.6 Å². The van der Waals surface area contributed by atoms with E-state index in [9.17, 15) is 27.9 Å². The van der Waals surface area contributed by atoms with Crippen LogP contribution >= 0.6 is 0 Å². The van der Waals surface area contributed by atoms with Crippen LogP contribution in [-0.4, -0.2) is 76.9 Å². The fraction of sp³-hybridized carbons (Fsp3) is 0.458. The lowest BCUT2D eigenvalue weighted by Crippen LogP contribution is -2.50. The van der Waals surface area contributed by atoms with Gasteiger partial charge in [-0.15, -0.1) is 0 Å². The molecule has 1 aliphatic rings. The zero-order valence-electron chi connectivity index (χ0n) is 19.1. The lowest BCUT2D eigenvalue weighted by atomic mass is 10.0. The van der Waals surface area contributed by atoms with Crippen LogP contribution in [0.5, 0.6) is 0 Å². The first-order chi connectivity index (χ1) is 16.7. The van der Waals surface area contributed by atoms with Crippen molar-refractivity contribution in [2.45, 2.75) is 38.0 Å². The van der Waals surface area contributed by atoms with Crippen LogP contribution in [0.3, 0.4) is 0 Å². The normalized spacial score (nSPS) is 14.8. The number of piperidine rings is 1. The molecule has 1 fully saturated rings. The molecule has 0 bridgehead atoms. The Balaban J connectivity index is 1.70. The van der Waals surface area contributed by atoms with Gasteiger partial charge in [0.1, 0.15) is 6.09 Å². The van der Waals surface area contributed by atoms with E-state index in [0.717, 1.165) is 5.56 Å². The number of aliphatic hydroxyl groups excluding tert-OH is 1. The number of hydrogen-bond acceptors (Lipinski definition) is 6. The van der Waals surface area contributed by atoms with Crippen molar-refractivity contribution in [2.24, 2.45) is 0 Å². The van der Waals surface area contributed by atoms with Crippen molar-refractivity contribution in [2.75, 3.05) is 32.8 Å². The second-order valence-electron chi connectivity index (χ2n) is 8.43. The fourth-order valence-corrected chi connectivity index (χ4v) is 4.09. The molecule has 35 heavy (non-hydrogen) atoms. The number of nitrogens with one attached hydrogen (secondary N) is 1. The molecule has 190 valence electrons. The van der Waals surface area contributed by atoms with Crippen molar-refractivity contribution in [3.8, 4) is 11.3 Å². The van der Waals surface area contributed by atoms with Crippen LogP contribution in [0.2, 0.25) is 0 Å². The average molecular weight is 494 g/mol. The number of aromatic nitrogens is 1. The van der Waals surface area contributed by atoms with Gasteiger partial charge in [-0.2, -0.15) is 13.2 Å². The third kappa shape index (κ3) is 7.93. The molecule has 0 atom stereocenters. The molecule has 0 unspecified atom stereocenters. The minimum atomic E-state index is -4.29. The van der Waals surface area contributed by atoms with E-state index in [4.69, 9.17) is 5.11 Å². The molecule has 11 heteroatoms. The van der Waals surface area contributed by atoms with Gasteiger partial charge in [-0.1, -0.05) is 18.2 Å². The third-order valence-electron chi connectivity index (χ3n) is 5.95. The van der Waals surface area contributed by atoms with Crippen LogP contribution in [0.4, 0.5) is 18.0 Å². The molecular weight excluding hydrogens is 465 g/mol. The first kappa shape index (κ1) is 26.4. The number of amides is 2. The topological polar surface area (TPSA) is 109 Å². The van der Waals surface area contributed by atoms with Gasteiger partial charge in [0, 0.05) is 56.1 Å². The van der Waals surface area contributed by atoms with Gasteiger partial charge in [0.25, 0.3) is 5.91 Å². The molecule has 2 amide bonds. The number of hydrogen-bond donors (Lipinski definition) is 2. The Bertz CT molecular complexity index is 993. The van der Waals surface area contributed by atoms with Gasteiger partial charge in [0.05, 0.1) is 18.7 Å². The summed E-state index contributed by atoms with van der Waals surface area (Å²) in [4.78, 5) is 30.5. The van der Waals surface area contributed by atoms with Crippen molar-refractivity contribution in [3.05, 3.63) is 53.7 Å². The molecule has 1 aliphatic heterocycles. The summed E-state index contributed by atoms with van der Waals surface area (Å²) in [6.45, 7) is 0.510. The van der Waals surface area contributed by atoms with Crippen LogP contribution in [-0.2, 0) is 6.54 Å². The Hall–Kier alpha value is -3.18. The summed E-state index contributed by atoms with van der Waals surface area (Å²) in [5.41, 5.74) is 2.46. The predicted octanol–water partition coefficient (Wildman–Crippen LogP) is 2.03. The Labute approximate surface area is 201 Å². The molecule has 0 spiro atoms. The average Bonchev–Trinajstić information content (AvgIpc) is 2.85. The van der Waals surface area contributed by atoms with Crippen LogP contribution in [0, 0.1) is 0 Å². The largest absolute Gasteiger partial charge is 0.530 e. The summed E-state index contributed by atoms with van der Waals surface area (Å²) in [6.07, 6.45) is -4.04. The monoisotopic (exact) mass is 493 g/mol. The number of likely N-dealkylation sites (tertiary alicyclic amines) is 1. The summed E-state index contributed by atoms with van der Waals surface area (Å²) >= 11 is 0. The molecular formula is C24H28F3N4O4-.